The van der Waals surface area contributed by atoms with Gasteiger partial charge in [-0.25, -0.2) is 8.42 Å². The number of carbonyl (C=O) groups excluding carboxylic acids is 1. The summed E-state index contributed by atoms with van der Waals surface area (Å²) in [6, 6.07) is 10.7. The Kier molecular flexibility index (Phi) is 7.24. The molecule has 1 atom stereocenters. The molecular formula is C19H23ClN2O4S. The van der Waals surface area contributed by atoms with Crippen LogP contribution in [0.25, 0.3) is 0 Å². The largest absolute Gasteiger partial charge is 0.492 e. The number of nitrogens with one attached hydrogen (secondary N) is 2. The lowest BCUT2D eigenvalue weighted by Crippen LogP contribution is -2.41. The summed E-state index contributed by atoms with van der Waals surface area (Å²) in [5.74, 6) is -0.280. The minimum absolute atomic E-state index is 0.106. The summed E-state index contributed by atoms with van der Waals surface area (Å²) in [4.78, 5) is 12.4. The Morgan fingerprint density at radius 2 is 1.89 bits per heavy atom. The van der Waals surface area contributed by atoms with Crippen molar-refractivity contribution in [3.05, 3.63) is 53.1 Å². The van der Waals surface area contributed by atoms with Crippen molar-refractivity contribution in [2.75, 3.05) is 11.9 Å². The number of rotatable bonds is 8. The molecule has 0 bridgehead atoms. The number of halogens is 1. The van der Waals surface area contributed by atoms with Crippen molar-refractivity contribution in [1.82, 2.24) is 4.72 Å². The summed E-state index contributed by atoms with van der Waals surface area (Å²) in [6.07, 6.45) is 0.747. The van der Waals surface area contributed by atoms with Gasteiger partial charge in [-0.05, 0) is 50.1 Å². The van der Waals surface area contributed by atoms with Gasteiger partial charge in [0.15, 0.2) is 0 Å². The van der Waals surface area contributed by atoms with E-state index in [1.165, 1.54) is 19.1 Å². The van der Waals surface area contributed by atoms with Crippen LogP contribution in [-0.4, -0.2) is 27.0 Å². The molecule has 0 aromatic heterocycles. The second-order valence-corrected chi connectivity index (χ2v) is 7.99. The van der Waals surface area contributed by atoms with Crippen LogP contribution in [0.15, 0.2) is 47.4 Å². The molecule has 2 N–H and O–H groups in total. The zero-order valence-electron chi connectivity index (χ0n) is 15.5. The lowest BCUT2D eigenvalue weighted by molar-refractivity contribution is -0.117. The van der Waals surface area contributed by atoms with Crippen LogP contribution in [0.4, 0.5) is 5.69 Å². The van der Waals surface area contributed by atoms with E-state index in [2.05, 4.69) is 10.0 Å². The molecule has 0 spiro atoms. The number of aryl methyl sites for hydroxylation is 1. The summed E-state index contributed by atoms with van der Waals surface area (Å²) in [5, 5.41) is 3.02. The molecule has 0 fully saturated rings. The maximum absolute atomic E-state index is 12.7. The first-order chi connectivity index (χ1) is 12.8. The molecule has 146 valence electrons. The van der Waals surface area contributed by atoms with E-state index < -0.39 is 22.0 Å². The van der Waals surface area contributed by atoms with Gasteiger partial charge in [0.2, 0.25) is 15.9 Å². The molecule has 0 saturated carbocycles. The number of para-hydroxylation sites is 1. The van der Waals surface area contributed by atoms with Crippen LogP contribution < -0.4 is 14.8 Å². The lowest BCUT2D eigenvalue weighted by Gasteiger charge is -2.17. The number of ether oxygens (including phenoxy) is 1. The molecule has 6 nitrogen and oxygen atoms in total. The van der Waals surface area contributed by atoms with E-state index in [0.29, 0.717) is 12.3 Å². The molecule has 1 amide bonds. The van der Waals surface area contributed by atoms with Gasteiger partial charge in [0.25, 0.3) is 0 Å². The van der Waals surface area contributed by atoms with Crippen LogP contribution in [0.3, 0.4) is 0 Å². The fraction of sp³-hybridized carbons (Fsp3) is 0.316. The van der Waals surface area contributed by atoms with Gasteiger partial charge in [-0.3, -0.25) is 4.79 Å². The number of amides is 1. The molecule has 27 heavy (non-hydrogen) atoms. The molecule has 0 aliphatic heterocycles. The van der Waals surface area contributed by atoms with Crippen LogP contribution >= 0.6 is 11.6 Å². The Balaban J connectivity index is 2.20. The Bertz CT molecular complexity index is 916. The molecule has 2 rings (SSSR count). The Morgan fingerprint density at radius 3 is 2.56 bits per heavy atom. The van der Waals surface area contributed by atoms with E-state index in [9.17, 15) is 13.2 Å². The summed E-state index contributed by atoms with van der Waals surface area (Å²) in [7, 11) is -4.01. The van der Waals surface area contributed by atoms with Gasteiger partial charge in [0.1, 0.15) is 10.6 Å². The summed E-state index contributed by atoms with van der Waals surface area (Å²) in [5.41, 5.74) is 1.63. The van der Waals surface area contributed by atoms with Gasteiger partial charge < -0.3 is 10.1 Å². The molecule has 0 aliphatic rings. The maximum Gasteiger partial charge on any atom is 0.245 e. The first-order valence-electron chi connectivity index (χ1n) is 8.62. The highest BCUT2D eigenvalue weighted by molar-refractivity contribution is 7.89. The van der Waals surface area contributed by atoms with Crippen LogP contribution in [-0.2, 0) is 21.2 Å². The van der Waals surface area contributed by atoms with Gasteiger partial charge in [-0.1, -0.05) is 36.7 Å². The number of hydrogen-bond donors (Lipinski definition) is 2. The van der Waals surface area contributed by atoms with Gasteiger partial charge >= 0.3 is 0 Å². The van der Waals surface area contributed by atoms with Crippen molar-refractivity contribution < 1.29 is 17.9 Å². The SMILES string of the molecule is CCOc1ccc(Cl)cc1S(=O)(=O)NC(C)C(=O)Nc1ccccc1CC. The summed E-state index contributed by atoms with van der Waals surface area (Å²) < 4.78 is 33.2. The van der Waals surface area contributed by atoms with Crippen molar-refractivity contribution in [2.45, 2.75) is 38.1 Å². The zero-order chi connectivity index (χ0) is 20.0. The van der Waals surface area contributed by atoms with Gasteiger partial charge in [-0.15, -0.1) is 0 Å². The van der Waals surface area contributed by atoms with Crippen LogP contribution in [0.2, 0.25) is 5.02 Å². The average Bonchev–Trinajstić information content (AvgIpc) is 2.63. The van der Waals surface area contributed by atoms with Crippen LogP contribution in [0.5, 0.6) is 5.75 Å². The fourth-order valence-electron chi connectivity index (χ4n) is 2.51. The second-order valence-electron chi connectivity index (χ2n) is 5.87. The number of anilines is 1. The predicted molar refractivity (Wildman–Crippen MR) is 107 cm³/mol. The quantitative estimate of drug-likeness (QED) is 0.696. The van der Waals surface area contributed by atoms with E-state index >= 15 is 0 Å². The van der Waals surface area contributed by atoms with Gasteiger partial charge in [0.05, 0.1) is 12.6 Å². The third-order valence-corrected chi connectivity index (χ3v) is 5.67. The third-order valence-electron chi connectivity index (χ3n) is 3.88. The lowest BCUT2D eigenvalue weighted by atomic mass is 10.1. The molecule has 0 radical (unpaired) electrons. The first kappa shape index (κ1) is 21.2. The monoisotopic (exact) mass is 410 g/mol. The number of hydrogen-bond acceptors (Lipinski definition) is 4. The highest BCUT2D eigenvalue weighted by Gasteiger charge is 2.25. The standard InChI is InChI=1S/C19H23ClN2O4S/c1-4-14-8-6-7-9-16(14)21-19(23)13(3)22-27(24,25)18-12-15(20)10-11-17(18)26-5-2/h6-13,22H,4-5H2,1-3H3,(H,21,23). The minimum atomic E-state index is -4.01. The third kappa shape index (κ3) is 5.45. The van der Waals surface area contributed by atoms with Crippen LogP contribution in [0, 0.1) is 0 Å². The normalized spacial score (nSPS) is 12.4. The van der Waals surface area contributed by atoms with Crippen molar-refractivity contribution in [3.63, 3.8) is 0 Å². The molecular weight excluding hydrogens is 388 g/mol. The van der Waals surface area contributed by atoms with Crippen molar-refractivity contribution in [3.8, 4) is 5.75 Å². The summed E-state index contributed by atoms with van der Waals surface area (Å²) >= 11 is 5.94. The predicted octanol–water partition coefficient (Wildman–Crippen LogP) is 3.61. The van der Waals surface area contributed by atoms with Crippen molar-refractivity contribution in [2.24, 2.45) is 0 Å². The Hall–Kier alpha value is -2.09. The molecule has 1 unspecified atom stereocenters. The molecule has 0 aliphatic carbocycles. The minimum Gasteiger partial charge on any atom is -0.492 e. The van der Waals surface area contributed by atoms with E-state index in [0.717, 1.165) is 12.0 Å². The van der Waals surface area contributed by atoms with E-state index in [1.54, 1.807) is 19.1 Å². The molecule has 2 aromatic carbocycles. The second kappa shape index (κ2) is 9.21. The van der Waals surface area contributed by atoms with Crippen LogP contribution in [0.1, 0.15) is 26.3 Å². The Labute approximate surface area is 164 Å². The number of sulfonamides is 1. The van der Waals surface area contributed by atoms with Crippen molar-refractivity contribution in [1.29, 1.82) is 0 Å². The average molecular weight is 411 g/mol. The molecule has 8 heteroatoms. The van der Waals surface area contributed by atoms with E-state index in [-0.39, 0.29) is 15.7 Å². The first-order valence-corrected chi connectivity index (χ1v) is 10.5. The van der Waals surface area contributed by atoms with Crippen molar-refractivity contribution >= 4 is 33.2 Å². The van der Waals surface area contributed by atoms with Gasteiger partial charge in [-0.2, -0.15) is 4.72 Å². The molecule has 0 saturated heterocycles. The smallest absolute Gasteiger partial charge is 0.245 e. The fourth-order valence-corrected chi connectivity index (χ4v) is 4.12. The van der Waals surface area contributed by atoms with E-state index in [1.807, 2.05) is 25.1 Å². The summed E-state index contributed by atoms with van der Waals surface area (Å²) in [6.45, 7) is 5.51. The molecule has 0 heterocycles. The topological polar surface area (TPSA) is 84.5 Å². The highest BCUT2D eigenvalue weighted by atomic mass is 35.5. The zero-order valence-corrected chi connectivity index (χ0v) is 17.0. The number of benzene rings is 2. The molecule has 2 aromatic rings. The Morgan fingerprint density at radius 1 is 1.19 bits per heavy atom. The highest BCUT2D eigenvalue weighted by Crippen LogP contribution is 2.27. The number of carbonyl (C=O) groups is 1. The maximum atomic E-state index is 12.7. The van der Waals surface area contributed by atoms with Gasteiger partial charge in [0, 0.05) is 10.7 Å². The van der Waals surface area contributed by atoms with E-state index in [4.69, 9.17) is 16.3 Å².